The van der Waals surface area contributed by atoms with Crippen molar-refractivity contribution in [2.24, 2.45) is 0 Å². The second kappa shape index (κ2) is 8.95. The molecule has 0 N–H and O–H groups in total. The smallest absolute Gasteiger partial charge is 0.346 e. The number of hydrogen-bond acceptors (Lipinski definition) is 4. The molecule has 0 aliphatic carbocycles. The number of benzene rings is 1. The van der Waals surface area contributed by atoms with E-state index in [-0.39, 0.29) is 30.2 Å². The van der Waals surface area contributed by atoms with E-state index >= 15 is 0 Å². The highest BCUT2D eigenvalue weighted by molar-refractivity contribution is 5.75. The summed E-state index contributed by atoms with van der Waals surface area (Å²) in [6.45, 7) is 4.63. The quantitative estimate of drug-likeness (QED) is 0.777. The van der Waals surface area contributed by atoms with Gasteiger partial charge in [-0.05, 0) is 31.7 Å². The van der Waals surface area contributed by atoms with Gasteiger partial charge in [-0.15, -0.1) is 0 Å². The third kappa shape index (κ3) is 4.15. The van der Waals surface area contributed by atoms with Crippen molar-refractivity contribution >= 4 is 5.91 Å². The van der Waals surface area contributed by atoms with Gasteiger partial charge < -0.3 is 9.64 Å². The van der Waals surface area contributed by atoms with Crippen molar-refractivity contribution in [2.75, 3.05) is 19.7 Å². The Balaban J connectivity index is 1.58. The predicted molar refractivity (Wildman–Crippen MR) is 110 cm³/mol. The number of ether oxygens (including phenoxy) is 1. The van der Waals surface area contributed by atoms with Crippen LogP contribution in [-0.2, 0) is 22.6 Å². The zero-order chi connectivity index (χ0) is 20.2. The van der Waals surface area contributed by atoms with Gasteiger partial charge in [0.15, 0.2) is 5.82 Å². The molecular formula is C22H30N4O3. The van der Waals surface area contributed by atoms with Gasteiger partial charge in [0.1, 0.15) is 12.6 Å². The standard InChI is InChI=1S/C22H30N4O3/c1-2-25-21(20-18(12-15-29-20)17-10-6-5-7-11-17)23-26(22(25)28)16-19(27)24-13-8-3-4-9-14-24/h5-7,10-11,18,20H,2-4,8-9,12-16H2,1H3/t18-,20-/m0/s1. The molecule has 2 aromatic rings. The zero-order valence-corrected chi connectivity index (χ0v) is 17.1. The SMILES string of the molecule is CCn1c([C@H]2OCC[C@H]2c2ccccc2)nn(CC(=O)N2CCCCCC2)c1=O. The molecule has 0 unspecified atom stereocenters. The molecule has 0 saturated carbocycles. The number of likely N-dealkylation sites (tertiary alicyclic amines) is 1. The highest BCUT2D eigenvalue weighted by atomic mass is 16.5. The summed E-state index contributed by atoms with van der Waals surface area (Å²) in [4.78, 5) is 27.6. The lowest BCUT2D eigenvalue weighted by Crippen LogP contribution is -2.37. The van der Waals surface area contributed by atoms with Gasteiger partial charge in [-0.25, -0.2) is 9.48 Å². The first-order valence-electron chi connectivity index (χ1n) is 10.8. The van der Waals surface area contributed by atoms with Crippen LogP contribution < -0.4 is 5.69 Å². The normalized spacial score (nSPS) is 22.6. The molecule has 0 spiro atoms. The molecule has 2 fully saturated rings. The fourth-order valence-electron chi connectivity index (χ4n) is 4.50. The van der Waals surface area contributed by atoms with Crippen LogP contribution in [0.5, 0.6) is 0 Å². The molecule has 1 aromatic heterocycles. The minimum absolute atomic E-state index is 0.00154. The third-order valence-electron chi connectivity index (χ3n) is 6.09. The van der Waals surface area contributed by atoms with E-state index in [0.29, 0.717) is 19.0 Å². The summed E-state index contributed by atoms with van der Waals surface area (Å²) in [5, 5.41) is 4.59. The number of amides is 1. The van der Waals surface area contributed by atoms with Gasteiger partial charge in [0.25, 0.3) is 0 Å². The summed E-state index contributed by atoms with van der Waals surface area (Å²) < 4.78 is 9.01. The molecule has 29 heavy (non-hydrogen) atoms. The van der Waals surface area contributed by atoms with Gasteiger partial charge in [-0.2, -0.15) is 5.10 Å². The van der Waals surface area contributed by atoms with Crippen LogP contribution in [0.15, 0.2) is 35.1 Å². The number of carbonyl (C=O) groups excluding carboxylic acids is 1. The number of rotatable bonds is 5. The Hall–Kier alpha value is -2.41. The van der Waals surface area contributed by atoms with Gasteiger partial charge >= 0.3 is 5.69 Å². The third-order valence-corrected chi connectivity index (χ3v) is 6.09. The lowest BCUT2D eigenvalue weighted by atomic mass is 9.92. The first-order valence-corrected chi connectivity index (χ1v) is 10.8. The van der Waals surface area contributed by atoms with Gasteiger partial charge in [0, 0.05) is 32.2 Å². The van der Waals surface area contributed by atoms with Crippen LogP contribution in [-0.4, -0.2) is 44.9 Å². The van der Waals surface area contributed by atoms with Crippen molar-refractivity contribution in [1.29, 1.82) is 0 Å². The summed E-state index contributed by atoms with van der Waals surface area (Å²) in [7, 11) is 0. The van der Waals surface area contributed by atoms with Crippen molar-refractivity contribution < 1.29 is 9.53 Å². The topological polar surface area (TPSA) is 69.4 Å². The van der Waals surface area contributed by atoms with E-state index in [0.717, 1.165) is 45.2 Å². The summed E-state index contributed by atoms with van der Waals surface area (Å²) in [5.41, 5.74) is 0.966. The maximum atomic E-state index is 12.9. The van der Waals surface area contributed by atoms with Crippen LogP contribution in [0, 0.1) is 0 Å². The van der Waals surface area contributed by atoms with Crippen LogP contribution in [0.4, 0.5) is 0 Å². The monoisotopic (exact) mass is 398 g/mol. The largest absolute Gasteiger partial charge is 0.370 e. The second-order valence-corrected chi connectivity index (χ2v) is 7.93. The maximum Gasteiger partial charge on any atom is 0.346 e. The van der Waals surface area contributed by atoms with E-state index in [1.165, 1.54) is 10.2 Å². The fraction of sp³-hybridized carbons (Fsp3) is 0.591. The van der Waals surface area contributed by atoms with Crippen molar-refractivity contribution in [3.63, 3.8) is 0 Å². The molecule has 3 heterocycles. The Morgan fingerprint density at radius 1 is 1.14 bits per heavy atom. The molecule has 1 amide bonds. The van der Waals surface area contributed by atoms with Crippen molar-refractivity contribution in [1.82, 2.24) is 19.2 Å². The second-order valence-electron chi connectivity index (χ2n) is 7.93. The number of aromatic nitrogens is 3. The molecule has 4 rings (SSSR count). The number of carbonyl (C=O) groups is 1. The minimum atomic E-state index is -0.264. The van der Waals surface area contributed by atoms with Crippen LogP contribution in [0.3, 0.4) is 0 Å². The summed E-state index contributed by atoms with van der Waals surface area (Å²) in [6, 6.07) is 10.2. The van der Waals surface area contributed by atoms with Gasteiger partial charge in [0.05, 0.1) is 0 Å². The number of hydrogen-bond donors (Lipinski definition) is 0. The van der Waals surface area contributed by atoms with E-state index in [2.05, 4.69) is 17.2 Å². The summed E-state index contributed by atoms with van der Waals surface area (Å²) >= 11 is 0. The van der Waals surface area contributed by atoms with E-state index in [9.17, 15) is 9.59 Å². The Bertz CT molecular complexity index is 881. The van der Waals surface area contributed by atoms with Crippen LogP contribution in [0.25, 0.3) is 0 Å². The Labute approximate surface area is 171 Å². The van der Waals surface area contributed by atoms with E-state index < -0.39 is 0 Å². The maximum absolute atomic E-state index is 12.9. The predicted octanol–water partition coefficient (Wildman–Crippen LogP) is 2.71. The summed E-state index contributed by atoms with van der Waals surface area (Å²) in [5.74, 6) is 0.777. The van der Waals surface area contributed by atoms with Crippen molar-refractivity contribution in [3.05, 3.63) is 52.2 Å². The summed E-state index contributed by atoms with van der Waals surface area (Å²) in [6.07, 6.45) is 5.02. The molecule has 0 bridgehead atoms. The van der Waals surface area contributed by atoms with Gasteiger partial charge in [-0.3, -0.25) is 9.36 Å². The van der Waals surface area contributed by atoms with Crippen LogP contribution in [0.1, 0.15) is 62.4 Å². The van der Waals surface area contributed by atoms with E-state index in [1.807, 2.05) is 30.0 Å². The van der Waals surface area contributed by atoms with Gasteiger partial charge in [0.2, 0.25) is 5.91 Å². The molecule has 156 valence electrons. The average molecular weight is 399 g/mol. The molecule has 2 atom stereocenters. The van der Waals surface area contributed by atoms with Crippen molar-refractivity contribution in [2.45, 2.75) is 64.1 Å². The molecule has 7 heteroatoms. The molecular weight excluding hydrogens is 368 g/mol. The highest BCUT2D eigenvalue weighted by Crippen LogP contribution is 2.40. The van der Waals surface area contributed by atoms with E-state index in [1.54, 1.807) is 4.57 Å². The molecule has 2 saturated heterocycles. The molecule has 2 aliphatic rings. The average Bonchev–Trinajstić information content (AvgIpc) is 3.23. The van der Waals surface area contributed by atoms with Gasteiger partial charge in [-0.1, -0.05) is 43.2 Å². The molecule has 7 nitrogen and oxygen atoms in total. The first kappa shape index (κ1) is 19.9. The Kier molecular flexibility index (Phi) is 6.13. The Morgan fingerprint density at radius 2 is 1.86 bits per heavy atom. The Morgan fingerprint density at radius 3 is 2.55 bits per heavy atom. The lowest BCUT2D eigenvalue weighted by molar-refractivity contribution is -0.132. The number of nitrogens with zero attached hydrogens (tertiary/aromatic N) is 4. The van der Waals surface area contributed by atoms with Crippen LogP contribution in [0.2, 0.25) is 0 Å². The molecule has 2 aliphatic heterocycles. The fourth-order valence-corrected chi connectivity index (χ4v) is 4.50. The lowest BCUT2D eigenvalue weighted by Gasteiger charge is -2.20. The van der Waals surface area contributed by atoms with Crippen molar-refractivity contribution in [3.8, 4) is 0 Å². The first-order chi connectivity index (χ1) is 14.2. The van der Waals surface area contributed by atoms with Crippen LogP contribution >= 0.6 is 0 Å². The zero-order valence-electron chi connectivity index (χ0n) is 17.1. The molecule has 0 radical (unpaired) electrons. The van der Waals surface area contributed by atoms with E-state index in [4.69, 9.17) is 4.74 Å². The minimum Gasteiger partial charge on any atom is -0.370 e. The highest BCUT2D eigenvalue weighted by Gasteiger charge is 2.35. The molecule has 1 aromatic carbocycles.